The van der Waals surface area contributed by atoms with E-state index >= 15 is 0 Å². The first-order valence-corrected chi connectivity index (χ1v) is 8.21. The van der Waals surface area contributed by atoms with Crippen LogP contribution in [-0.2, 0) is 12.8 Å². The molecule has 0 heterocycles. The molecule has 2 aromatic carbocycles. The van der Waals surface area contributed by atoms with Gasteiger partial charge in [0.15, 0.2) is 0 Å². The molecule has 0 bridgehead atoms. The Hall–Kier alpha value is -1.60. The first-order valence-electron chi connectivity index (χ1n) is 8.21. The van der Waals surface area contributed by atoms with Crippen molar-refractivity contribution in [2.24, 2.45) is 5.92 Å². The van der Waals surface area contributed by atoms with Crippen molar-refractivity contribution in [2.75, 3.05) is 6.54 Å². The Labute approximate surface area is 128 Å². The Bertz CT molecular complexity index is 475. The molecule has 21 heavy (non-hydrogen) atoms. The van der Waals surface area contributed by atoms with E-state index in [0.29, 0.717) is 6.04 Å². The van der Waals surface area contributed by atoms with Crippen LogP contribution in [0.3, 0.4) is 0 Å². The van der Waals surface area contributed by atoms with E-state index in [-0.39, 0.29) is 0 Å². The third-order valence-electron chi connectivity index (χ3n) is 4.57. The van der Waals surface area contributed by atoms with E-state index in [4.69, 9.17) is 0 Å². The first-order chi connectivity index (χ1) is 10.4. The quantitative estimate of drug-likeness (QED) is 0.799. The second kappa shape index (κ2) is 7.42. The summed E-state index contributed by atoms with van der Waals surface area (Å²) in [6.45, 7) is 1.18. The maximum atomic E-state index is 3.82. The van der Waals surface area contributed by atoms with Crippen molar-refractivity contribution in [1.29, 1.82) is 0 Å². The normalized spacial score (nSPS) is 15.1. The number of benzene rings is 2. The van der Waals surface area contributed by atoms with Crippen LogP contribution < -0.4 is 5.32 Å². The fourth-order valence-corrected chi connectivity index (χ4v) is 3.04. The van der Waals surface area contributed by atoms with Crippen LogP contribution in [-0.4, -0.2) is 12.6 Å². The smallest absolute Gasteiger partial charge is 0.0148 e. The van der Waals surface area contributed by atoms with Crippen LogP contribution in [0.4, 0.5) is 0 Å². The van der Waals surface area contributed by atoms with E-state index in [2.05, 4.69) is 66.0 Å². The summed E-state index contributed by atoms with van der Waals surface area (Å²) in [4.78, 5) is 0. The summed E-state index contributed by atoms with van der Waals surface area (Å²) >= 11 is 0. The zero-order valence-electron chi connectivity index (χ0n) is 12.7. The van der Waals surface area contributed by atoms with Crippen LogP contribution in [0.5, 0.6) is 0 Å². The maximum absolute atomic E-state index is 3.82. The molecule has 0 amide bonds. The molecule has 1 aliphatic rings. The highest BCUT2D eigenvalue weighted by molar-refractivity contribution is 5.19. The Morgan fingerprint density at radius 3 is 1.76 bits per heavy atom. The van der Waals surface area contributed by atoms with Gasteiger partial charge in [-0.1, -0.05) is 67.1 Å². The van der Waals surface area contributed by atoms with Crippen LogP contribution >= 0.6 is 0 Å². The lowest BCUT2D eigenvalue weighted by molar-refractivity contribution is 0.287. The molecule has 1 heteroatoms. The van der Waals surface area contributed by atoms with Crippen molar-refractivity contribution in [3.63, 3.8) is 0 Å². The van der Waals surface area contributed by atoms with Crippen molar-refractivity contribution in [3.8, 4) is 0 Å². The Morgan fingerprint density at radius 2 is 1.33 bits per heavy atom. The van der Waals surface area contributed by atoms with E-state index in [1.165, 1.54) is 36.9 Å². The highest BCUT2D eigenvalue weighted by Crippen LogP contribution is 2.25. The third-order valence-corrected chi connectivity index (χ3v) is 4.57. The summed E-state index contributed by atoms with van der Waals surface area (Å²) in [6.07, 6.45) is 6.48. The van der Waals surface area contributed by atoms with Gasteiger partial charge in [0.05, 0.1) is 0 Å². The SMILES string of the molecule is c1ccc(CC(Cc2ccccc2)NCC2CCC2)cc1. The number of nitrogens with one attached hydrogen (secondary N) is 1. The van der Waals surface area contributed by atoms with Crippen molar-refractivity contribution in [2.45, 2.75) is 38.1 Å². The fourth-order valence-electron chi connectivity index (χ4n) is 3.04. The molecular formula is C20H25N. The van der Waals surface area contributed by atoms with Crippen molar-refractivity contribution < 1.29 is 0 Å². The predicted molar refractivity (Wildman–Crippen MR) is 89.4 cm³/mol. The minimum atomic E-state index is 0.537. The van der Waals surface area contributed by atoms with Crippen molar-refractivity contribution in [1.82, 2.24) is 5.32 Å². The summed E-state index contributed by atoms with van der Waals surface area (Å²) in [7, 11) is 0. The summed E-state index contributed by atoms with van der Waals surface area (Å²) in [5.41, 5.74) is 2.86. The molecule has 110 valence electrons. The lowest BCUT2D eigenvalue weighted by Crippen LogP contribution is -2.38. The molecule has 0 saturated heterocycles. The van der Waals surface area contributed by atoms with E-state index in [0.717, 1.165) is 18.8 Å². The van der Waals surface area contributed by atoms with Gasteiger partial charge in [-0.2, -0.15) is 0 Å². The zero-order chi connectivity index (χ0) is 14.3. The molecule has 1 fully saturated rings. The van der Waals surface area contributed by atoms with Gasteiger partial charge >= 0.3 is 0 Å². The summed E-state index contributed by atoms with van der Waals surface area (Å²) in [5.74, 6) is 0.916. The molecule has 0 aliphatic heterocycles. The molecular weight excluding hydrogens is 254 g/mol. The second-order valence-corrected chi connectivity index (χ2v) is 6.28. The number of hydrogen-bond donors (Lipinski definition) is 1. The zero-order valence-corrected chi connectivity index (χ0v) is 12.7. The molecule has 0 atom stereocenters. The minimum Gasteiger partial charge on any atom is -0.313 e. The van der Waals surface area contributed by atoms with Crippen LogP contribution in [0.1, 0.15) is 30.4 Å². The summed E-state index contributed by atoms with van der Waals surface area (Å²) < 4.78 is 0. The number of rotatable bonds is 7. The second-order valence-electron chi connectivity index (χ2n) is 6.28. The highest BCUT2D eigenvalue weighted by atomic mass is 14.9. The standard InChI is InChI=1S/C20H25N/c1-3-8-17(9-4-1)14-20(21-16-19-12-7-13-19)15-18-10-5-2-6-11-18/h1-6,8-11,19-21H,7,12-16H2. The lowest BCUT2D eigenvalue weighted by Gasteiger charge is -2.28. The largest absolute Gasteiger partial charge is 0.313 e. The molecule has 1 aliphatic carbocycles. The lowest BCUT2D eigenvalue weighted by atomic mass is 9.85. The third kappa shape index (κ3) is 4.44. The monoisotopic (exact) mass is 279 g/mol. The van der Waals surface area contributed by atoms with Crippen LogP contribution in [0.25, 0.3) is 0 Å². The first kappa shape index (κ1) is 14.3. The average molecular weight is 279 g/mol. The van der Waals surface area contributed by atoms with Crippen molar-refractivity contribution >= 4 is 0 Å². The van der Waals surface area contributed by atoms with Gasteiger partial charge in [0.1, 0.15) is 0 Å². The maximum Gasteiger partial charge on any atom is 0.0148 e. The Balaban J connectivity index is 1.61. The van der Waals surface area contributed by atoms with Gasteiger partial charge in [-0.25, -0.2) is 0 Å². The van der Waals surface area contributed by atoms with E-state index in [1.807, 2.05) is 0 Å². The molecule has 1 N–H and O–H groups in total. The van der Waals surface area contributed by atoms with Crippen molar-refractivity contribution in [3.05, 3.63) is 71.8 Å². The molecule has 0 aromatic heterocycles. The molecule has 1 saturated carbocycles. The van der Waals surface area contributed by atoms with Gasteiger partial charge in [0.2, 0.25) is 0 Å². The molecule has 0 unspecified atom stereocenters. The summed E-state index contributed by atoms with van der Waals surface area (Å²) in [5, 5.41) is 3.82. The van der Waals surface area contributed by atoms with Gasteiger partial charge in [-0.15, -0.1) is 0 Å². The van der Waals surface area contributed by atoms with E-state index in [9.17, 15) is 0 Å². The van der Waals surface area contributed by atoms with Gasteiger partial charge in [0, 0.05) is 6.04 Å². The molecule has 3 rings (SSSR count). The fraction of sp³-hybridized carbons (Fsp3) is 0.400. The topological polar surface area (TPSA) is 12.0 Å². The van der Waals surface area contributed by atoms with Crippen LogP contribution in [0.2, 0.25) is 0 Å². The Kier molecular flexibility index (Phi) is 5.07. The number of hydrogen-bond acceptors (Lipinski definition) is 1. The molecule has 0 radical (unpaired) electrons. The molecule has 1 nitrogen and oxygen atoms in total. The molecule has 0 spiro atoms. The van der Waals surface area contributed by atoms with E-state index in [1.54, 1.807) is 0 Å². The van der Waals surface area contributed by atoms with Gasteiger partial charge in [-0.05, 0) is 49.3 Å². The highest BCUT2D eigenvalue weighted by Gasteiger charge is 2.19. The molecule has 2 aromatic rings. The summed E-state index contributed by atoms with van der Waals surface area (Å²) in [6, 6.07) is 22.2. The van der Waals surface area contributed by atoms with Gasteiger partial charge in [0.25, 0.3) is 0 Å². The van der Waals surface area contributed by atoms with Gasteiger partial charge < -0.3 is 5.32 Å². The van der Waals surface area contributed by atoms with Crippen LogP contribution in [0, 0.1) is 5.92 Å². The average Bonchev–Trinajstić information content (AvgIpc) is 2.47. The minimum absolute atomic E-state index is 0.537. The van der Waals surface area contributed by atoms with Gasteiger partial charge in [-0.3, -0.25) is 0 Å². The van der Waals surface area contributed by atoms with E-state index < -0.39 is 0 Å². The Morgan fingerprint density at radius 1 is 0.810 bits per heavy atom. The van der Waals surface area contributed by atoms with Crippen LogP contribution in [0.15, 0.2) is 60.7 Å². The predicted octanol–water partition coefficient (Wildman–Crippen LogP) is 4.23.